The van der Waals surface area contributed by atoms with Crippen LogP contribution in [-0.2, 0) is 9.53 Å². The van der Waals surface area contributed by atoms with Crippen LogP contribution < -0.4 is 11.0 Å². The molecule has 2 aromatic rings. The van der Waals surface area contributed by atoms with E-state index in [2.05, 4.69) is 10.3 Å². The fourth-order valence-corrected chi connectivity index (χ4v) is 3.57. The molecule has 0 spiro atoms. The van der Waals surface area contributed by atoms with Gasteiger partial charge < -0.3 is 10.1 Å². The zero-order chi connectivity index (χ0) is 17.8. The molecule has 1 aliphatic heterocycles. The molecule has 1 saturated heterocycles. The molecule has 2 heterocycles. The van der Waals surface area contributed by atoms with E-state index in [4.69, 9.17) is 4.74 Å². The third kappa shape index (κ3) is 4.34. The second kappa shape index (κ2) is 7.62. The highest BCUT2D eigenvalue weighted by Gasteiger charge is 2.29. The summed E-state index contributed by atoms with van der Waals surface area (Å²) in [5.41, 5.74) is -0.167. The molecular weight excluding hydrogens is 342 g/mol. The van der Waals surface area contributed by atoms with E-state index in [0.717, 1.165) is 0 Å². The summed E-state index contributed by atoms with van der Waals surface area (Å²) in [6.07, 6.45) is 1.30. The monoisotopic (exact) mass is 359 g/mol. The molecule has 0 unspecified atom stereocenters. The highest BCUT2D eigenvalue weighted by Crippen LogP contribution is 2.33. The van der Waals surface area contributed by atoms with E-state index in [1.807, 2.05) is 18.2 Å². The number of anilines is 1. The Morgan fingerprint density at radius 3 is 2.76 bits per heavy atom. The lowest BCUT2D eigenvalue weighted by atomic mass is 10.1. The smallest absolute Gasteiger partial charge is 0.343 e. The van der Waals surface area contributed by atoms with E-state index in [1.165, 1.54) is 29.4 Å². The van der Waals surface area contributed by atoms with Gasteiger partial charge in [0.25, 0.3) is 0 Å². The molecule has 0 radical (unpaired) electrons. The molecule has 0 bridgehead atoms. The quantitative estimate of drug-likeness (QED) is 0.822. The highest BCUT2D eigenvalue weighted by atomic mass is 32.2. The molecule has 25 heavy (non-hydrogen) atoms. The lowest BCUT2D eigenvalue weighted by molar-refractivity contribution is -0.114. The zero-order valence-electron chi connectivity index (χ0n) is 13.5. The first kappa shape index (κ1) is 17.4. The van der Waals surface area contributed by atoms with E-state index in [9.17, 15) is 14.4 Å². The third-order valence-electron chi connectivity index (χ3n) is 3.63. The average molecular weight is 359 g/mol. The van der Waals surface area contributed by atoms with Crippen LogP contribution in [0.3, 0.4) is 0 Å². The van der Waals surface area contributed by atoms with Gasteiger partial charge in [0.05, 0.1) is 0 Å². The largest absolute Gasteiger partial charge is 0.351 e. The van der Waals surface area contributed by atoms with Crippen molar-refractivity contribution in [2.75, 3.05) is 11.1 Å². The normalized spacial score (nSPS) is 19.6. The standard InChI is InChI=1S/C17H17N3O4S/c1-11(21)18-14-7-8-20(17(23)19-14)15-10-25-16(24-15)9-13(22)12-5-3-2-4-6-12/h2-8,15-16H,9-10H2,1H3,(H,18,19,21,23)/t15-,16-/m1/s1. The molecule has 130 valence electrons. The molecule has 3 rings (SSSR count). The van der Waals surface area contributed by atoms with Gasteiger partial charge in [-0.2, -0.15) is 4.98 Å². The minimum Gasteiger partial charge on any atom is -0.343 e. The predicted octanol–water partition coefficient (Wildman–Crippen LogP) is 2.06. The summed E-state index contributed by atoms with van der Waals surface area (Å²) in [6, 6.07) is 10.6. The van der Waals surface area contributed by atoms with Gasteiger partial charge in [0.15, 0.2) is 5.78 Å². The van der Waals surface area contributed by atoms with Crippen molar-refractivity contribution in [2.24, 2.45) is 0 Å². The van der Waals surface area contributed by atoms with Gasteiger partial charge >= 0.3 is 5.69 Å². The van der Waals surface area contributed by atoms with E-state index in [-0.39, 0.29) is 29.4 Å². The second-order valence-electron chi connectivity index (χ2n) is 5.53. The molecule has 1 N–H and O–H groups in total. The summed E-state index contributed by atoms with van der Waals surface area (Å²) in [6.45, 7) is 1.35. The molecule has 0 saturated carbocycles. The molecule has 1 aliphatic rings. The fourth-order valence-electron chi connectivity index (χ4n) is 2.47. The second-order valence-corrected chi connectivity index (χ2v) is 6.72. The Morgan fingerprint density at radius 2 is 2.08 bits per heavy atom. The van der Waals surface area contributed by atoms with Gasteiger partial charge in [-0.05, 0) is 6.07 Å². The number of ether oxygens (including phenoxy) is 1. The summed E-state index contributed by atoms with van der Waals surface area (Å²) in [5.74, 6) is 0.464. The van der Waals surface area contributed by atoms with Crippen LogP contribution in [0.15, 0.2) is 47.4 Å². The lowest BCUT2D eigenvalue weighted by Gasteiger charge is -2.14. The van der Waals surface area contributed by atoms with Gasteiger partial charge in [0.2, 0.25) is 5.91 Å². The Kier molecular flexibility index (Phi) is 5.30. The first-order chi connectivity index (χ1) is 12.0. The number of nitrogens with zero attached hydrogens (tertiary/aromatic N) is 2. The van der Waals surface area contributed by atoms with Crippen LogP contribution in [-0.4, -0.2) is 32.4 Å². The van der Waals surface area contributed by atoms with Crippen molar-refractivity contribution >= 4 is 29.3 Å². The van der Waals surface area contributed by atoms with Crippen molar-refractivity contribution in [3.8, 4) is 0 Å². The van der Waals surface area contributed by atoms with Gasteiger partial charge in [-0.1, -0.05) is 30.3 Å². The topological polar surface area (TPSA) is 90.3 Å². The van der Waals surface area contributed by atoms with Crippen LogP contribution in [0.4, 0.5) is 5.82 Å². The minimum absolute atomic E-state index is 0.00484. The SMILES string of the molecule is CC(=O)Nc1ccn([C@H]2CS[C@H](CC(=O)c3ccccc3)O2)c(=O)n1. The molecule has 1 aromatic carbocycles. The first-order valence-electron chi connectivity index (χ1n) is 7.75. The summed E-state index contributed by atoms with van der Waals surface area (Å²) < 4.78 is 7.19. The van der Waals surface area contributed by atoms with E-state index in [0.29, 0.717) is 11.3 Å². The summed E-state index contributed by atoms with van der Waals surface area (Å²) >= 11 is 1.49. The van der Waals surface area contributed by atoms with Crippen molar-refractivity contribution in [2.45, 2.75) is 25.0 Å². The summed E-state index contributed by atoms with van der Waals surface area (Å²) in [4.78, 5) is 39.2. The Hall–Kier alpha value is -2.45. The number of aromatic nitrogens is 2. The van der Waals surface area contributed by atoms with Crippen LogP contribution in [0, 0.1) is 0 Å². The van der Waals surface area contributed by atoms with Gasteiger partial charge in [-0.3, -0.25) is 14.2 Å². The van der Waals surface area contributed by atoms with Crippen LogP contribution in [0.1, 0.15) is 29.9 Å². The zero-order valence-corrected chi connectivity index (χ0v) is 14.4. The Morgan fingerprint density at radius 1 is 1.32 bits per heavy atom. The van der Waals surface area contributed by atoms with Crippen LogP contribution in [0.2, 0.25) is 0 Å². The molecule has 0 aliphatic carbocycles. The fraction of sp³-hybridized carbons (Fsp3) is 0.294. The van der Waals surface area contributed by atoms with E-state index >= 15 is 0 Å². The molecule has 8 heteroatoms. The van der Waals surface area contributed by atoms with Gasteiger partial charge in [-0.15, -0.1) is 11.8 Å². The Labute approximate surface area is 148 Å². The van der Waals surface area contributed by atoms with Gasteiger partial charge in [0.1, 0.15) is 17.5 Å². The number of amides is 1. The van der Waals surface area contributed by atoms with E-state index < -0.39 is 11.9 Å². The van der Waals surface area contributed by atoms with Crippen molar-refractivity contribution in [1.82, 2.24) is 9.55 Å². The Balaban J connectivity index is 1.64. The minimum atomic E-state index is -0.508. The molecule has 7 nitrogen and oxygen atoms in total. The number of carbonyl (C=O) groups is 2. The number of rotatable bonds is 5. The van der Waals surface area contributed by atoms with Gasteiger partial charge in [-0.25, -0.2) is 4.79 Å². The highest BCUT2D eigenvalue weighted by molar-refractivity contribution is 8.00. The van der Waals surface area contributed by atoms with Crippen molar-refractivity contribution in [1.29, 1.82) is 0 Å². The van der Waals surface area contributed by atoms with Crippen molar-refractivity contribution in [3.05, 3.63) is 58.6 Å². The number of hydrogen-bond acceptors (Lipinski definition) is 6. The van der Waals surface area contributed by atoms with Gasteiger partial charge in [0, 0.05) is 30.9 Å². The number of thioether (sulfide) groups is 1. The third-order valence-corrected chi connectivity index (χ3v) is 4.75. The number of carbonyl (C=O) groups excluding carboxylic acids is 2. The average Bonchev–Trinajstić information content (AvgIpc) is 3.03. The first-order valence-corrected chi connectivity index (χ1v) is 8.80. The lowest BCUT2D eigenvalue weighted by Crippen LogP contribution is -2.29. The molecule has 2 atom stereocenters. The number of nitrogens with one attached hydrogen (secondary N) is 1. The number of ketones is 1. The predicted molar refractivity (Wildman–Crippen MR) is 94.6 cm³/mol. The van der Waals surface area contributed by atoms with Crippen LogP contribution in [0.5, 0.6) is 0 Å². The maximum Gasteiger partial charge on any atom is 0.351 e. The van der Waals surface area contributed by atoms with Crippen LogP contribution in [0.25, 0.3) is 0 Å². The number of hydrogen-bond donors (Lipinski definition) is 1. The van der Waals surface area contributed by atoms with Crippen molar-refractivity contribution < 1.29 is 14.3 Å². The maximum absolute atomic E-state index is 12.2. The van der Waals surface area contributed by atoms with E-state index in [1.54, 1.807) is 18.2 Å². The van der Waals surface area contributed by atoms with Crippen molar-refractivity contribution in [3.63, 3.8) is 0 Å². The van der Waals surface area contributed by atoms with Crippen LogP contribution >= 0.6 is 11.8 Å². The number of Topliss-reactive ketones (excluding diaryl/α,β-unsaturated/α-hetero) is 1. The summed E-state index contributed by atoms with van der Waals surface area (Å²) in [5, 5.41) is 2.46. The molecule has 1 amide bonds. The molecule has 1 fully saturated rings. The summed E-state index contributed by atoms with van der Waals surface area (Å²) in [7, 11) is 0. The maximum atomic E-state index is 12.2. The molecule has 1 aromatic heterocycles. The Bertz CT molecular complexity index is 837. The molecular formula is C17H17N3O4S. The number of benzene rings is 1.